The van der Waals surface area contributed by atoms with E-state index in [1.807, 2.05) is 25.4 Å². The van der Waals surface area contributed by atoms with Crippen LogP contribution in [-0.4, -0.2) is 21.5 Å². The molecule has 0 atom stereocenters. The van der Waals surface area contributed by atoms with Crippen molar-refractivity contribution >= 4 is 17.4 Å². The van der Waals surface area contributed by atoms with Crippen LogP contribution in [0.25, 0.3) is 11.1 Å². The van der Waals surface area contributed by atoms with Crippen molar-refractivity contribution in [2.24, 2.45) is 7.05 Å². The van der Waals surface area contributed by atoms with E-state index < -0.39 is 0 Å². The highest BCUT2D eigenvalue weighted by molar-refractivity contribution is 6.03. The molecule has 1 N–H and O–H groups in total. The average molecular weight is 257 g/mol. The predicted molar refractivity (Wildman–Crippen MR) is 72.6 cm³/mol. The molecule has 0 radical (unpaired) electrons. The van der Waals surface area contributed by atoms with Crippen molar-refractivity contribution in [1.82, 2.24) is 9.78 Å². The highest BCUT2D eigenvalue weighted by atomic mass is 16.2. The van der Waals surface area contributed by atoms with Gasteiger partial charge in [-0.15, -0.1) is 0 Å². The standard InChI is InChI=1S/C14H15N3O2/c1-10(18)7-14(19)16-13-5-3-11(4-6-13)12-8-15-17(2)9-12/h3-6,8-9H,7H2,1-2H3,(H,16,19). The van der Waals surface area contributed by atoms with Crippen LogP contribution in [0.15, 0.2) is 36.7 Å². The molecule has 5 heteroatoms. The molecule has 2 aromatic rings. The van der Waals surface area contributed by atoms with Gasteiger partial charge in [-0.05, 0) is 24.6 Å². The van der Waals surface area contributed by atoms with Gasteiger partial charge in [0.15, 0.2) is 0 Å². The topological polar surface area (TPSA) is 64.0 Å². The van der Waals surface area contributed by atoms with Gasteiger partial charge < -0.3 is 5.32 Å². The number of nitrogens with one attached hydrogen (secondary N) is 1. The summed E-state index contributed by atoms with van der Waals surface area (Å²) in [6.07, 6.45) is 3.61. The lowest BCUT2D eigenvalue weighted by atomic mass is 10.1. The number of carbonyl (C=O) groups excluding carboxylic acids is 2. The highest BCUT2D eigenvalue weighted by Gasteiger charge is 2.06. The zero-order valence-electron chi connectivity index (χ0n) is 10.9. The van der Waals surface area contributed by atoms with Gasteiger partial charge >= 0.3 is 0 Å². The van der Waals surface area contributed by atoms with Crippen molar-refractivity contribution in [1.29, 1.82) is 0 Å². The Kier molecular flexibility index (Phi) is 3.75. The van der Waals surface area contributed by atoms with Crippen molar-refractivity contribution in [3.05, 3.63) is 36.7 Å². The van der Waals surface area contributed by atoms with Gasteiger partial charge in [-0.3, -0.25) is 14.3 Å². The van der Waals surface area contributed by atoms with Gasteiger partial charge in [-0.1, -0.05) is 12.1 Å². The lowest BCUT2D eigenvalue weighted by Gasteiger charge is -2.04. The molecule has 0 saturated heterocycles. The Morgan fingerprint density at radius 1 is 1.21 bits per heavy atom. The number of ketones is 1. The van der Waals surface area contributed by atoms with Crippen LogP contribution in [0.4, 0.5) is 5.69 Å². The molecular formula is C14H15N3O2. The molecule has 1 aromatic heterocycles. The number of anilines is 1. The Labute approximate surface area is 111 Å². The van der Waals surface area contributed by atoms with E-state index in [9.17, 15) is 9.59 Å². The molecule has 0 aliphatic rings. The van der Waals surface area contributed by atoms with Crippen LogP contribution in [0.3, 0.4) is 0 Å². The van der Waals surface area contributed by atoms with Crippen LogP contribution in [0.1, 0.15) is 13.3 Å². The minimum Gasteiger partial charge on any atom is -0.326 e. The van der Waals surface area contributed by atoms with Crippen molar-refractivity contribution in [3.8, 4) is 11.1 Å². The second kappa shape index (κ2) is 5.48. The minimum absolute atomic E-state index is 0.0929. The van der Waals surface area contributed by atoms with Gasteiger partial charge in [-0.25, -0.2) is 0 Å². The van der Waals surface area contributed by atoms with E-state index in [1.54, 1.807) is 23.0 Å². The number of benzene rings is 1. The number of hydrogen-bond donors (Lipinski definition) is 1. The van der Waals surface area contributed by atoms with Gasteiger partial charge in [0.05, 0.1) is 12.6 Å². The summed E-state index contributed by atoms with van der Waals surface area (Å²) in [6.45, 7) is 1.39. The Morgan fingerprint density at radius 3 is 2.42 bits per heavy atom. The van der Waals surface area contributed by atoms with Crippen LogP contribution in [0.2, 0.25) is 0 Å². The van der Waals surface area contributed by atoms with Crippen LogP contribution in [0, 0.1) is 0 Å². The molecule has 98 valence electrons. The molecule has 1 heterocycles. The molecule has 0 unspecified atom stereocenters. The van der Waals surface area contributed by atoms with E-state index in [2.05, 4.69) is 10.4 Å². The monoisotopic (exact) mass is 257 g/mol. The summed E-state index contributed by atoms with van der Waals surface area (Å²) < 4.78 is 1.73. The third-order valence-electron chi connectivity index (χ3n) is 2.62. The second-order valence-corrected chi connectivity index (χ2v) is 4.41. The zero-order chi connectivity index (χ0) is 13.8. The molecule has 0 saturated carbocycles. The molecule has 2 rings (SSSR count). The fourth-order valence-corrected chi connectivity index (χ4v) is 1.75. The molecule has 0 fully saturated rings. The molecule has 0 aliphatic carbocycles. The number of aromatic nitrogens is 2. The first-order valence-electron chi connectivity index (χ1n) is 5.93. The fourth-order valence-electron chi connectivity index (χ4n) is 1.75. The molecule has 1 aromatic carbocycles. The van der Waals surface area contributed by atoms with E-state index >= 15 is 0 Å². The van der Waals surface area contributed by atoms with Gasteiger partial charge in [0.2, 0.25) is 5.91 Å². The molecule has 19 heavy (non-hydrogen) atoms. The molecule has 0 bridgehead atoms. The maximum atomic E-state index is 11.4. The van der Waals surface area contributed by atoms with E-state index in [1.165, 1.54) is 6.92 Å². The lowest BCUT2D eigenvalue weighted by Crippen LogP contribution is -2.14. The van der Waals surface area contributed by atoms with Gasteiger partial charge in [0, 0.05) is 24.5 Å². The summed E-state index contributed by atoms with van der Waals surface area (Å²) in [5.41, 5.74) is 2.72. The Morgan fingerprint density at radius 2 is 1.89 bits per heavy atom. The molecular weight excluding hydrogens is 242 g/mol. The summed E-state index contributed by atoms with van der Waals surface area (Å²) in [5, 5.41) is 6.78. The van der Waals surface area contributed by atoms with Crippen molar-refractivity contribution in [2.75, 3.05) is 5.32 Å². The predicted octanol–water partition coefficient (Wildman–Crippen LogP) is 2.00. The zero-order valence-corrected chi connectivity index (χ0v) is 10.9. The van der Waals surface area contributed by atoms with Crippen LogP contribution in [0.5, 0.6) is 0 Å². The number of rotatable bonds is 4. The van der Waals surface area contributed by atoms with E-state index in [0.717, 1.165) is 11.1 Å². The Hall–Kier alpha value is -2.43. The quantitative estimate of drug-likeness (QED) is 0.852. The van der Waals surface area contributed by atoms with Crippen molar-refractivity contribution < 1.29 is 9.59 Å². The Bertz CT molecular complexity index is 599. The number of carbonyl (C=O) groups is 2. The maximum Gasteiger partial charge on any atom is 0.231 e. The smallest absolute Gasteiger partial charge is 0.231 e. The normalized spacial score (nSPS) is 10.2. The highest BCUT2D eigenvalue weighted by Crippen LogP contribution is 2.20. The SMILES string of the molecule is CC(=O)CC(=O)Nc1ccc(-c2cnn(C)c2)cc1. The number of hydrogen-bond acceptors (Lipinski definition) is 3. The van der Waals surface area contributed by atoms with Gasteiger partial charge in [0.25, 0.3) is 0 Å². The van der Waals surface area contributed by atoms with Crippen LogP contribution >= 0.6 is 0 Å². The number of Topliss-reactive ketones (excluding diaryl/α,β-unsaturated/α-hetero) is 1. The third kappa shape index (κ3) is 3.51. The molecule has 0 spiro atoms. The summed E-state index contributed by atoms with van der Waals surface area (Å²) in [5.74, 6) is -0.439. The van der Waals surface area contributed by atoms with Gasteiger partial charge in [0.1, 0.15) is 5.78 Å². The second-order valence-electron chi connectivity index (χ2n) is 4.41. The largest absolute Gasteiger partial charge is 0.326 e. The number of amides is 1. The first kappa shape index (κ1) is 13.0. The molecule has 1 amide bonds. The molecule has 5 nitrogen and oxygen atoms in total. The van der Waals surface area contributed by atoms with Crippen molar-refractivity contribution in [2.45, 2.75) is 13.3 Å². The fraction of sp³-hybridized carbons (Fsp3) is 0.214. The summed E-state index contributed by atoms with van der Waals surface area (Å²) in [7, 11) is 1.86. The molecule has 0 aliphatic heterocycles. The first-order chi connectivity index (χ1) is 9.04. The Balaban J connectivity index is 2.06. The summed E-state index contributed by atoms with van der Waals surface area (Å²) >= 11 is 0. The first-order valence-corrected chi connectivity index (χ1v) is 5.93. The number of aryl methyl sites for hydroxylation is 1. The third-order valence-corrected chi connectivity index (χ3v) is 2.62. The van der Waals surface area contributed by atoms with E-state index in [-0.39, 0.29) is 18.1 Å². The van der Waals surface area contributed by atoms with Gasteiger partial charge in [-0.2, -0.15) is 5.10 Å². The van der Waals surface area contributed by atoms with Crippen molar-refractivity contribution in [3.63, 3.8) is 0 Å². The average Bonchev–Trinajstić information content (AvgIpc) is 2.75. The summed E-state index contributed by atoms with van der Waals surface area (Å²) in [4.78, 5) is 22.3. The lowest BCUT2D eigenvalue weighted by molar-refractivity contribution is -0.124. The van der Waals surface area contributed by atoms with E-state index in [4.69, 9.17) is 0 Å². The van der Waals surface area contributed by atoms with Crippen LogP contribution in [-0.2, 0) is 16.6 Å². The maximum absolute atomic E-state index is 11.4. The summed E-state index contributed by atoms with van der Waals surface area (Å²) in [6, 6.07) is 7.42. The van der Waals surface area contributed by atoms with Crippen LogP contribution < -0.4 is 5.32 Å². The number of nitrogens with zero attached hydrogens (tertiary/aromatic N) is 2. The minimum atomic E-state index is -0.290. The van der Waals surface area contributed by atoms with E-state index in [0.29, 0.717) is 5.69 Å².